The van der Waals surface area contributed by atoms with Crippen LogP contribution in [0.2, 0.25) is 0 Å². The third-order valence-corrected chi connectivity index (χ3v) is 3.01. The number of nitrogens with zero attached hydrogens (tertiary/aromatic N) is 3. The summed E-state index contributed by atoms with van der Waals surface area (Å²) < 4.78 is 5.38. The lowest BCUT2D eigenvalue weighted by Gasteiger charge is -2.14. The van der Waals surface area contributed by atoms with Gasteiger partial charge in [0.2, 0.25) is 5.82 Å². The second kappa shape index (κ2) is 5.81. The van der Waals surface area contributed by atoms with Gasteiger partial charge in [0.05, 0.1) is 11.0 Å². The lowest BCUT2D eigenvalue weighted by molar-refractivity contribution is -0.385. The number of anilines is 1. The number of nitrogens with one attached hydrogen (secondary N) is 1. The Kier molecular flexibility index (Phi) is 4.13. The van der Waals surface area contributed by atoms with Gasteiger partial charge in [0.25, 0.3) is 5.88 Å². The van der Waals surface area contributed by atoms with Crippen LogP contribution in [0, 0.1) is 10.1 Å². The van der Waals surface area contributed by atoms with Crippen molar-refractivity contribution in [3.63, 3.8) is 0 Å². The van der Waals surface area contributed by atoms with Gasteiger partial charge in [-0.25, -0.2) is 4.98 Å². The first-order valence-electron chi connectivity index (χ1n) is 6.50. The predicted molar refractivity (Wildman–Crippen MR) is 70.3 cm³/mol. The molecule has 0 unspecified atom stereocenters. The number of ether oxygens (including phenoxy) is 1. The second-order valence-electron chi connectivity index (χ2n) is 4.93. The smallest absolute Gasteiger partial charge is 0.372 e. The Bertz CT molecular complexity index is 458. The molecular formula is C12H18N4O3. The molecule has 0 aromatic carbocycles. The van der Waals surface area contributed by atoms with Gasteiger partial charge in [-0.05, 0) is 26.7 Å². The zero-order valence-electron chi connectivity index (χ0n) is 11.1. The van der Waals surface area contributed by atoms with Gasteiger partial charge < -0.3 is 10.1 Å². The van der Waals surface area contributed by atoms with Gasteiger partial charge >= 0.3 is 5.69 Å². The first-order chi connectivity index (χ1) is 9.08. The monoisotopic (exact) mass is 266 g/mol. The molecule has 0 saturated heterocycles. The normalized spacial score (nSPS) is 15.7. The first kappa shape index (κ1) is 13.5. The van der Waals surface area contributed by atoms with E-state index < -0.39 is 4.92 Å². The van der Waals surface area contributed by atoms with Crippen LogP contribution in [0.5, 0.6) is 5.88 Å². The molecule has 0 radical (unpaired) electrons. The molecular weight excluding hydrogens is 248 g/mol. The highest BCUT2D eigenvalue weighted by molar-refractivity contribution is 5.61. The predicted octanol–water partition coefficient (Wildman–Crippen LogP) is 2.53. The Morgan fingerprint density at radius 1 is 1.42 bits per heavy atom. The van der Waals surface area contributed by atoms with Crippen LogP contribution in [0.25, 0.3) is 0 Å². The Labute approximate surface area is 111 Å². The lowest BCUT2D eigenvalue weighted by Crippen LogP contribution is -2.18. The van der Waals surface area contributed by atoms with Crippen LogP contribution >= 0.6 is 0 Å². The Morgan fingerprint density at radius 2 is 2.11 bits per heavy atom. The molecule has 0 amide bonds. The van der Waals surface area contributed by atoms with E-state index in [9.17, 15) is 10.1 Å². The van der Waals surface area contributed by atoms with Crippen LogP contribution in [0.15, 0.2) is 6.33 Å². The molecule has 1 aliphatic carbocycles. The summed E-state index contributed by atoms with van der Waals surface area (Å²) in [7, 11) is 0. The highest BCUT2D eigenvalue weighted by Gasteiger charge is 2.27. The Hall–Kier alpha value is -1.92. The number of hydrogen-bond donors (Lipinski definition) is 1. The maximum Gasteiger partial charge on any atom is 0.372 e. The van der Waals surface area contributed by atoms with E-state index in [4.69, 9.17) is 4.74 Å². The van der Waals surface area contributed by atoms with Crippen molar-refractivity contribution in [2.45, 2.75) is 51.7 Å². The fourth-order valence-corrected chi connectivity index (χ4v) is 2.21. The molecule has 1 fully saturated rings. The van der Waals surface area contributed by atoms with Crippen LogP contribution in [0.3, 0.4) is 0 Å². The average Bonchev–Trinajstić information content (AvgIpc) is 2.80. The molecule has 1 aromatic heterocycles. The summed E-state index contributed by atoms with van der Waals surface area (Å²) in [4.78, 5) is 18.6. The summed E-state index contributed by atoms with van der Waals surface area (Å²) in [6.07, 6.45) is 5.44. The number of hydrogen-bond acceptors (Lipinski definition) is 6. The fourth-order valence-electron chi connectivity index (χ4n) is 2.21. The van der Waals surface area contributed by atoms with Gasteiger partial charge in [-0.2, -0.15) is 4.98 Å². The molecule has 19 heavy (non-hydrogen) atoms. The molecule has 0 aliphatic heterocycles. The third-order valence-electron chi connectivity index (χ3n) is 3.01. The standard InChI is InChI=1S/C12H18N4O3/c1-8(2)19-12-10(16(17)18)11(13-7-14-12)15-9-5-3-4-6-9/h7-9H,3-6H2,1-2H3,(H,13,14,15). The number of aromatic nitrogens is 2. The molecule has 1 N–H and O–H groups in total. The van der Waals surface area contributed by atoms with Gasteiger partial charge in [0, 0.05) is 6.04 Å². The molecule has 1 aromatic rings. The van der Waals surface area contributed by atoms with Gasteiger partial charge in [-0.1, -0.05) is 12.8 Å². The van der Waals surface area contributed by atoms with Crippen molar-refractivity contribution < 1.29 is 9.66 Å². The minimum atomic E-state index is -0.491. The molecule has 0 bridgehead atoms. The van der Waals surface area contributed by atoms with Gasteiger partial charge in [0.15, 0.2) is 0 Å². The van der Waals surface area contributed by atoms with E-state index in [2.05, 4.69) is 15.3 Å². The molecule has 0 atom stereocenters. The van der Waals surface area contributed by atoms with Crippen LogP contribution in [0.4, 0.5) is 11.5 Å². The van der Waals surface area contributed by atoms with Crippen LogP contribution in [-0.4, -0.2) is 27.0 Å². The minimum absolute atomic E-state index is 0.0236. The van der Waals surface area contributed by atoms with E-state index in [1.165, 1.54) is 6.33 Å². The van der Waals surface area contributed by atoms with Crippen molar-refractivity contribution in [2.24, 2.45) is 0 Å². The molecule has 2 rings (SSSR count). The molecule has 1 aliphatic rings. The summed E-state index contributed by atoms with van der Waals surface area (Å²) in [6.45, 7) is 3.60. The molecule has 0 spiro atoms. The van der Waals surface area contributed by atoms with Crippen molar-refractivity contribution in [1.29, 1.82) is 0 Å². The largest absolute Gasteiger partial charge is 0.470 e. The quantitative estimate of drug-likeness (QED) is 0.650. The second-order valence-corrected chi connectivity index (χ2v) is 4.93. The van der Waals surface area contributed by atoms with E-state index in [1.807, 2.05) is 0 Å². The summed E-state index contributed by atoms with van der Waals surface area (Å²) in [5.74, 6) is 0.276. The lowest BCUT2D eigenvalue weighted by atomic mass is 10.2. The van der Waals surface area contributed by atoms with E-state index in [0.29, 0.717) is 0 Å². The number of nitro groups is 1. The Morgan fingerprint density at radius 3 is 2.68 bits per heavy atom. The maximum absolute atomic E-state index is 11.2. The SMILES string of the molecule is CC(C)Oc1ncnc(NC2CCCC2)c1[N+](=O)[O-]. The van der Waals surface area contributed by atoms with Crippen molar-refractivity contribution in [1.82, 2.24) is 9.97 Å². The first-order valence-corrected chi connectivity index (χ1v) is 6.50. The highest BCUT2D eigenvalue weighted by atomic mass is 16.6. The topological polar surface area (TPSA) is 90.2 Å². The van der Waals surface area contributed by atoms with Gasteiger partial charge in [0.1, 0.15) is 6.33 Å². The molecule has 1 saturated carbocycles. The minimum Gasteiger partial charge on any atom is -0.470 e. The van der Waals surface area contributed by atoms with Crippen LogP contribution in [-0.2, 0) is 0 Å². The number of rotatable bonds is 5. The van der Waals surface area contributed by atoms with Crippen molar-refractivity contribution in [2.75, 3.05) is 5.32 Å². The van der Waals surface area contributed by atoms with Crippen LogP contribution in [0.1, 0.15) is 39.5 Å². The van der Waals surface area contributed by atoms with Crippen LogP contribution < -0.4 is 10.1 Å². The molecule has 1 heterocycles. The maximum atomic E-state index is 11.2. The zero-order chi connectivity index (χ0) is 13.8. The average molecular weight is 266 g/mol. The summed E-state index contributed by atoms with van der Waals surface area (Å²) in [6, 6.07) is 0.250. The van der Waals surface area contributed by atoms with Gasteiger partial charge in [-0.15, -0.1) is 0 Å². The van der Waals surface area contributed by atoms with E-state index in [-0.39, 0.29) is 29.5 Å². The molecule has 104 valence electrons. The summed E-state index contributed by atoms with van der Waals surface area (Å²) in [5, 5.41) is 14.3. The van der Waals surface area contributed by atoms with E-state index in [0.717, 1.165) is 25.7 Å². The molecule has 7 heteroatoms. The highest BCUT2D eigenvalue weighted by Crippen LogP contribution is 2.33. The fraction of sp³-hybridized carbons (Fsp3) is 0.667. The Balaban J connectivity index is 2.27. The van der Waals surface area contributed by atoms with E-state index >= 15 is 0 Å². The summed E-state index contributed by atoms with van der Waals surface area (Å²) >= 11 is 0. The van der Waals surface area contributed by atoms with Crippen molar-refractivity contribution >= 4 is 11.5 Å². The third kappa shape index (κ3) is 3.30. The van der Waals surface area contributed by atoms with E-state index in [1.54, 1.807) is 13.8 Å². The van der Waals surface area contributed by atoms with Gasteiger partial charge in [-0.3, -0.25) is 10.1 Å². The van der Waals surface area contributed by atoms with Crippen molar-refractivity contribution in [3.05, 3.63) is 16.4 Å². The molecule has 7 nitrogen and oxygen atoms in total. The van der Waals surface area contributed by atoms with Crippen molar-refractivity contribution in [3.8, 4) is 5.88 Å². The zero-order valence-corrected chi connectivity index (χ0v) is 11.1. The summed E-state index contributed by atoms with van der Waals surface area (Å²) in [5.41, 5.74) is -0.178.